The van der Waals surface area contributed by atoms with Crippen LogP contribution in [0, 0.1) is 0 Å². The number of aromatic nitrogens is 4. The van der Waals surface area contributed by atoms with E-state index in [2.05, 4.69) is 15.4 Å². The molecule has 2 fully saturated rings. The van der Waals surface area contributed by atoms with Crippen LogP contribution in [-0.4, -0.2) is 68.6 Å². The Kier molecular flexibility index (Phi) is 5.15. The van der Waals surface area contributed by atoms with Gasteiger partial charge < -0.3 is 25.0 Å². The highest BCUT2D eigenvalue weighted by Gasteiger charge is 2.49. The first kappa shape index (κ1) is 23.3. The molecule has 2 aromatic rings. The third-order valence-electron chi connectivity index (χ3n) is 7.67. The molecule has 2 aliphatic carbocycles. The Morgan fingerprint density at radius 2 is 2.03 bits per heavy atom. The largest absolute Gasteiger partial charge is 0.474 e. The summed E-state index contributed by atoms with van der Waals surface area (Å²) in [6, 6.07) is 0.954. The number of likely N-dealkylation sites (N-methyl/N-ethyl adjacent to an activating group) is 1. The molecular formula is C23H28F3N7O3. The number of nitrogens with zero attached hydrogens (tertiary/aromatic N) is 6. The van der Waals surface area contributed by atoms with Gasteiger partial charge in [0.1, 0.15) is 17.3 Å². The zero-order chi connectivity index (χ0) is 25.4. The van der Waals surface area contributed by atoms with E-state index in [1.807, 2.05) is 0 Å². The minimum absolute atomic E-state index is 0.000851. The van der Waals surface area contributed by atoms with E-state index in [1.165, 1.54) is 4.68 Å². The van der Waals surface area contributed by atoms with E-state index in [9.17, 15) is 23.1 Å². The molecule has 0 bridgehead atoms. The SMILES string of the molecule is CN1c2nc(NC3CC(Oc4cc(C(F)(F)F)nn4C4CC4)C3)nc3c2N(CCC3)C(=O)[C@]1(C)CO. The van der Waals surface area contributed by atoms with E-state index in [-0.39, 0.29) is 36.6 Å². The summed E-state index contributed by atoms with van der Waals surface area (Å²) < 4.78 is 46.7. The van der Waals surface area contributed by atoms with E-state index in [4.69, 9.17) is 9.72 Å². The monoisotopic (exact) mass is 507 g/mol. The van der Waals surface area contributed by atoms with Gasteiger partial charge in [-0.1, -0.05) is 0 Å². The predicted octanol–water partition coefficient (Wildman–Crippen LogP) is 2.53. The maximum atomic E-state index is 13.1. The van der Waals surface area contributed by atoms with Crippen LogP contribution in [0.3, 0.4) is 0 Å². The smallest absolute Gasteiger partial charge is 0.435 e. The summed E-state index contributed by atoms with van der Waals surface area (Å²) in [5.41, 5.74) is -0.549. The summed E-state index contributed by atoms with van der Waals surface area (Å²) in [5, 5.41) is 17.0. The zero-order valence-corrected chi connectivity index (χ0v) is 20.0. The molecule has 2 aliphatic heterocycles. The van der Waals surface area contributed by atoms with Crippen LogP contribution in [0.2, 0.25) is 0 Å². The van der Waals surface area contributed by atoms with Crippen LogP contribution in [0.4, 0.5) is 30.6 Å². The number of hydrogen-bond donors (Lipinski definition) is 2. The number of ether oxygens (including phenoxy) is 1. The highest BCUT2D eigenvalue weighted by atomic mass is 19.4. The summed E-state index contributed by atoms with van der Waals surface area (Å²) in [6.07, 6.45) is -0.481. The van der Waals surface area contributed by atoms with Crippen LogP contribution in [0.15, 0.2) is 6.07 Å². The molecular weight excluding hydrogens is 479 g/mol. The van der Waals surface area contributed by atoms with Crippen molar-refractivity contribution in [2.24, 2.45) is 0 Å². The van der Waals surface area contributed by atoms with Crippen molar-refractivity contribution in [1.29, 1.82) is 0 Å². The standard InChI is InChI=1S/C23H28F3N7O3/c1-22(11-34)20(35)32-7-3-4-15-18(32)19(31(22)2)29-21(28-15)27-12-8-14(9-12)36-17-10-16(23(24,25)26)30-33(17)13-5-6-13/h10,12-14,34H,3-9,11H2,1-2H3,(H,27,28,29)/t12?,14?,22-/m0/s1. The number of aryl methyl sites for hydroxylation is 1. The first-order valence-corrected chi connectivity index (χ1v) is 12.3. The number of aliphatic hydroxyl groups excluding tert-OH is 1. The lowest BCUT2D eigenvalue weighted by Crippen LogP contribution is -2.64. The number of carbonyl (C=O) groups is 1. The van der Waals surface area contributed by atoms with Gasteiger partial charge in [-0.05, 0) is 32.6 Å². The average Bonchev–Trinajstić information content (AvgIpc) is 3.57. The first-order valence-electron chi connectivity index (χ1n) is 12.3. The highest BCUT2D eigenvalue weighted by Crippen LogP contribution is 2.44. The number of halogens is 3. The third kappa shape index (κ3) is 3.66. The number of alkyl halides is 3. The number of carbonyl (C=O) groups excluding carboxylic acids is 1. The lowest BCUT2D eigenvalue weighted by molar-refractivity contribution is -0.141. The molecule has 0 aromatic carbocycles. The van der Waals surface area contributed by atoms with Crippen LogP contribution in [-0.2, 0) is 17.4 Å². The first-order chi connectivity index (χ1) is 17.1. The number of anilines is 3. The molecule has 2 saturated carbocycles. The molecule has 13 heteroatoms. The number of amides is 1. The summed E-state index contributed by atoms with van der Waals surface area (Å²) in [7, 11) is 1.75. The van der Waals surface area contributed by atoms with E-state index >= 15 is 0 Å². The van der Waals surface area contributed by atoms with Gasteiger partial charge in [0.2, 0.25) is 11.8 Å². The molecule has 1 atom stereocenters. The zero-order valence-electron chi connectivity index (χ0n) is 20.0. The molecule has 6 rings (SSSR count). The molecule has 0 spiro atoms. The van der Waals surface area contributed by atoms with Gasteiger partial charge in [0.15, 0.2) is 11.5 Å². The van der Waals surface area contributed by atoms with Crippen molar-refractivity contribution in [2.75, 3.05) is 35.3 Å². The molecule has 2 aromatic heterocycles. The maximum absolute atomic E-state index is 13.1. The maximum Gasteiger partial charge on any atom is 0.435 e. The van der Waals surface area contributed by atoms with Gasteiger partial charge >= 0.3 is 6.18 Å². The van der Waals surface area contributed by atoms with Gasteiger partial charge in [0.25, 0.3) is 5.91 Å². The van der Waals surface area contributed by atoms with Gasteiger partial charge in [-0.3, -0.25) is 4.79 Å². The molecule has 10 nitrogen and oxygen atoms in total. The molecule has 0 radical (unpaired) electrons. The fourth-order valence-electron chi connectivity index (χ4n) is 5.12. The second-order valence-corrected chi connectivity index (χ2v) is 10.3. The van der Waals surface area contributed by atoms with Crippen LogP contribution in [0.5, 0.6) is 5.88 Å². The van der Waals surface area contributed by atoms with Crippen molar-refractivity contribution in [2.45, 2.75) is 75.4 Å². The van der Waals surface area contributed by atoms with E-state index in [0.29, 0.717) is 36.8 Å². The quantitative estimate of drug-likeness (QED) is 0.614. The van der Waals surface area contributed by atoms with Gasteiger partial charge in [0, 0.05) is 38.5 Å². The van der Waals surface area contributed by atoms with Gasteiger partial charge in [-0.25, -0.2) is 9.67 Å². The van der Waals surface area contributed by atoms with Crippen LogP contribution < -0.4 is 19.9 Å². The second-order valence-electron chi connectivity index (χ2n) is 10.3. The summed E-state index contributed by atoms with van der Waals surface area (Å²) in [4.78, 5) is 25.8. The van der Waals surface area contributed by atoms with E-state index in [1.54, 1.807) is 23.8 Å². The fraction of sp³-hybridized carbons (Fsp3) is 0.652. The topological polar surface area (TPSA) is 109 Å². The summed E-state index contributed by atoms with van der Waals surface area (Å²) >= 11 is 0. The molecule has 4 aliphatic rings. The van der Waals surface area contributed by atoms with Crippen molar-refractivity contribution in [1.82, 2.24) is 19.7 Å². The number of aliphatic hydroxyl groups is 1. The van der Waals surface area contributed by atoms with E-state index in [0.717, 1.165) is 37.4 Å². The van der Waals surface area contributed by atoms with Crippen LogP contribution in [0.25, 0.3) is 0 Å². The van der Waals surface area contributed by atoms with Gasteiger partial charge in [0.05, 0.1) is 18.3 Å². The lowest BCUT2D eigenvalue weighted by Gasteiger charge is -2.48. The molecule has 4 heterocycles. The molecule has 1 amide bonds. The second kappa shape index (κ2) is 7.95. The number of nitrogens with one attached hydrogen (secondary N) is 1. The molecule has 36 heavy (non-hydrogen) atoms. The third-order valence-corrected chi connectivity index (χ3v) is 7.67. The molecule has 2 N–H and O–H groups in total. The van der Waals surface area contributed by atoms with Crippen molar-refractivity contribution >= 4 is 23.4 Å². The lowest BCUT2D eigenvalue weighted by atomic mass is 9.89. The van der Waals surface area contributed by atoms with Crippen molar-refractivity contribution < 1.29 is 27.8 Å². The Labute approximate surface area is 205 Å². The van der Waals surface area contributed by atoms with Crippen LogP contribution >= 0.6 is 0 Å². The normalized spacial score (nSPS) is 27.6. The predicted molar refractivity (Wildman–Crippen MR) is 123 cm³/mol. The average molecular weight is 508 g/mol. The minimum atomic E-state index is -4.51. The number of rotatable bonds is 6. The highest BCUT2D eigenvalue weighted by molar-refractivity contribution is 6.08. The fourth-order valence-corrected chi connectivity index (χ4v) is 5.12. The summed E-state index contributed by atoms with van der Waals surface area (Å²) in [6.45, 7) is 1.93. The number of hydrogen-bond acceptors (Lipinski definition) is 8. The molecule has 0 unspecified atom stereocenters. The Hall–Kier alpha value is -3.09. The molecule has 194 valence electrons. The van der Waals surface area contributed by atoms with Crippen molar-refractivity contribution in [3.05, 3.63) is 17.5 Å². The van der Waals surface area contributed by atoms with Gasteiger partial charge in [-0.15, -0.1) is 0 Å². The molecule has 0 saturated heterocycles. The van der Waals surface area contributed by atoms with Gasteiger partial charge in [-0.2, -0.15) is 23.3 Å². The Balaban J connectivity index is 1.17. The Bertz CT molecular complexity index is 1210. The van der Waals surface area contributed by atoms with Crippen molar-refractivity contribution in [3.8, 4) is 5.88 Å². The van der Waals surface area contributed by atoms with Crippen LogP contribution in [0.1, 0.15) is 56.5 Å². The minimum Gasteiger partial charge on any atom is -0.474 e. The Morgan fingerprint density at radius 3 is 2.69 bits per heavy atom. The van der Waals surface area contributed by atoms with Crippen molar-refractivity contribution in [3.63, 3.8) is 0 Å². The Morgan fingerprint density at radius 1 is 1.28 bits per heavy atom. The summed E-state index contributed by atoms with van der Waals surface area (Å²) in [5.74, 6) is 1.03. The van der Waals surface area contributed by atoms with E-state index < -0.39 is 17.4 Å².